The molecule has 0 aliphatic rings. The zero-order valence-electron chi connectivity index (χ0n) is 8.39. The zero-order chi connectivity index (χ0) is 10.7. The second-order valence-corrected chi connectivity index (χ2v) is 3.31. The molecule has 0 amide bonds. The van der Waals surface area contributed by atoms with Gasteiger partial charge in [0.15, 0.2) is 0 Å². The van der Waals surface area contributed by atoms with Crippen LogP contribution in [0, 0.1) is 0 Å². The van der Waals surface area contributed by atoms with E-state index in [0.717, 1.165) is 17.5 Å². The van der Waals surface area contributed by atoms with Gasteiger partial charge < -0.3 is 4.57 Å². The summed E-state index contributed by atoms with van der Waals surface area (Å²) in [5.74, 6) is 0. The molecule has 2 aromatic rings. The first-order chi connectivity index (χ1) is 7.33. The van der Waals surface area contributed by atoms with Crippen molar-refractivity contribution >= 4 is 11.0 Å². The van der Waals surface area contributed by atoms with Crippen LogP contribution < -0.4 is 5.56 Å². The minimum Gasteiger partial charge on any atom is -0.306 e. The maximum atomic E-state index is 11.6. The lowest BCUT2D eigenvalue weighted by atomic mass is 10.3. The molecule has 2 heterocycles. The van der Waals surface area contributed by atoms with Crippen molar-refractivity contribution in [1.82, 2.24) is 9.55 Å². The number of nitrogens with zero attached hydrogens (tertiary/aromatic N) is 2. The summed E-state index contributed by atoms with van der Waals surface area (Å²) in [6.45, 7) is 4.31. The van der Waals surface area contributed by atoms with Crippen molar-refractivity contribution in [2.24, 2.45) is 0 Å². The van der Waals surface area contributed by atoms with Gasteiger partial charge in [0.1, 0.15) is 0 Å². The van der Waals surface area contributed by atoms with Crippen LogP contribution in [0.5, 0.6) is 0 Å². The smallest absolute Gasteiger partial charge is 0.251 e. The first kappa shape index (κ1) is 9.65. The standard InChI is InChI=1S/C12H12N2O/c1-2-3-9-14-11-5-4-8-13-10(11)6-7-12(14)15/h2,4-8H,1,3,9H2. The first-order valence-electron chi connectivity index (χ1n) is 4.88. The van der Waals surface area contributed by atoms with Gasteiger partial charge in [-0.2, -0.15) is 0 Å². The second-order valence-electron chi connectivity index (χ2n) is 3.31. The SMILES string of the molecule is C=CCCn1c(=O)ccc2ncccc21. The minimum atomic E-state index is 0.0114. The van der Waals surface area contributed by atoms with E-state index >= 15 is 0 Å². The van der Waals surface area contributed by atoms with Gasteiger partial charge in [0.2, 0.25) is 0 Å². The van der Waals surface area contributed by atoms with E-state index in [0.29, 0.717) is 6.54 Å². The van der Waals surface area contributed by atoms with Crippen LogP contribution in [0.1, 0.15) is 6.42 Å². The Morgan fingerprint density at radius 1 is 1.40 bits per heavy atom. The lowest BCUT2D eigenvalue weighted by Crippen LogP contribution is -2.19. The van der Waals surface area contributed by atoms with E-state index in [4.69, 9.17) is 0 Å². The van der Waals surface area contributed by atoms with Gasteiger partial charge >= 0.3 is 0 Å². The fourth-order valence-electron chi connectivity index (χ4n) is 1.58. The molecule has 2 rings (SSSR count). The third kappa shape index (κ3) is 1.81. The molecule has 0 radical (unpaired) electrons. The molecule has 0 aromatic carbocycles. The predicted molar refractivity (Wildman–Crippen MR) is 60.8 cm³/mol. The highest BCUT2D eigenvalue weighted by molar-refractivity contribution is 5.73. The van der Waals surface area contributed by atoms with Crippen LogP contribution in [-0.2, 0) is 6.54 Å². The zero-order valence-corrected chi connectivity index (χ0v) is 8.39. The molecule has 3 heteroatoms. The number of allylic oxidation sites excluding steroid dienone is 1. The molecule has 15 heavy (non-hydrogen) atoms. The molecule has 0 aliphatic carbocycles. The highest BCUT2D eigenvalue weighted by Gasteiger charge is 2.01. The average Bonchev–Trinajstić information content (AvgIpc) is 2.28. The van der Waals surface area contributed by atoms with Crippen LogP contribution in [0.15, 0.2) is 47.9 Å². The summed E-state index contributed by atoms with van der Waals surface area (Å²) in [4.78, 5) is 15.8. The highest BCUT2D eigenvalue weighted by atomic mass is 16.1. The van der Waals surface area contributed by atoms with Crippen molar-refractivity contribution in [3.63, 3.8) is 0 Å². The Kier molecular flexibility index (Phi) is 2.63. The lowest BCUT2D eigenvalue weighted by Gasteiger charge is -2.07. The Morgan fingerprint density at radius 3 is 3.07 bits per heavy atom. The van der Waals surface area contributed by atoms with Crippen molar-refractivity contribution in [1.29, 1.82) is 0 Å². The van der Waals surface area contributed by atoms with Crippen LogP contribution in [-0.4, -0.2) is 9.55 Å². The summed E-state index contributed by atoms with van der Waals surface area (Å²) < 4.78 is 1.73. The molecule has 0 saturated carbocycles. The summed E-state index contributed by atoms with van der Waals surface area (Å²) in [6.07, 6.45) is 4.32. The van der Waals surface area contributed by atoms with E-state index in [1.54, 1.807) is 22.9 Å². The normalized spacial score (nSPS) is 10.4. The van der Waals surface area contributed by atoms with Gasteiger partial charge in [-0.3, -0.25) is 9.78 Å². The van der Waals surface area contributed by atoms with E-state index in [1.807, 2.05) is 18.2 Å². The molecular formula is C12H12N2O. The van der Waals surface area contributed by atoms with Crippen molar-refractivity contribution in [2.75, 3.05) is 0 Å². The number of rotatable bonds is 3. The Hall–Kier alpha value is -1.90. The average molecular weight is 200 g/mol. The molecule has 0 bridgehead atoms. The Morgan fingerprint density at radius 2 is 2.27 bits per heavy atom. The predicted octanol–water partition coefficient (Wildman–Crippen LogP) is 1.97. The largest absolute Gasteiger partial charge is 0.306 e. The number of aromatic nitrogens is 2. The fourth-order valence-corrected chi connectivity index (χ4v) is 1.58. The van der Waals surface area contributed by atoms with Gasteiger partial charge in [-0.25, -0.2) is 0 Å². The third-order valence-corrected chi connectivity index (χ3v) is 2.31. The summed E-state index contributed by atoms with van der Waals surface area (Å²) in [6, 6.07) is 7.06. The fraction of sp³-hybridized carbons (Fsp3) is 0.167. The van der Waals surface area contributed by atoms with Crippen LogP contribution in [0.4, 0.5) is 0 Å². The van der Waals surface area contributed by atoms with Crippen molar-refractivity contribution < 1.29 is 0 Å². The van der Waals surface area contributed by atoms with Crippen molar-refractivity contribution in [3.8, 4) is 0 Å². The summed E-state index contributed by atoms with van der Waals surface area (Å²) in [5, 5.41) is 0. The van der Waals surface area contributed by atoms with Gasteiger partial charge in [-0.05, 0) is 24.6 Å². The number of hydrogen-bond donors (Lipinski definition) is 0. The molecule has 0 atom stereocenters. The van der Waals surface area contributed by atoms with Crippen LogP contribution in [0.3, 0.4) is 0 Å². The number of pyridine rings is 2. The highest BCUT2D eigenvalue weighted by Crippen LogP contribution is 2.08. The number of hydrogen-bond acceptors (Lipinski definition) is 2. The van der Waals surface area contributed by atoms with Crippen LogP contribution >= 0.6 is 0 Å². The molecule has 0 fully saturated rings. The molecule has 76 valence electrons. The topological polar surface area (TPSA) is 34.9 Å². The Bertz CT molecular complexity index is 543. The molecule has 3 nitrogen and oxygen atoms in total. The summed E-state index contributed by atoms with van der Waals surface area (Å²) >= 11 is 0. The second kappa shape index (κ2) is 4.09. The Balaban J connectivity index is 2.63. The van der Waals surface area contributed by atoms with E-state index < -0.39 is 0 Å². The van der Waals surface area contributed by atoms with E-state index in [-0.39, 0.29) is 5.56 Å². The third-order valence-electron chi connectivity index (χ3n) is 2.31. The lowest BCUT2D eigenvalue weighted by molar-refractivity contribution is 0.708. The molecule has 2 aromatic heterocycles. The van der Waals surface area contributed by atoms with Gasteiger partial charge in [0.05, 0.1) is 11.0 Å². The number of aryl methyl sites for hydroxylation is 1. The molecule has 0 N–H and O–H groups in total. The van der Waals surface area contributed by atoms with Gasteiger partial charge in [0, 0.05) is 18.8 Å². The van der Waals surface area contributed by atoms with Gasteiger partial charge in [0.25, 0.3) is 5.56 Å². The maximum Gasteiger partial charge on any atom is 0.251 e. The monoisotopic (exact) mass is 200 g/mol. The van der Waals surface area contributed by atoms with E-state index in [2.05, 4.69) is 11.6 Å². The maximum absolute atomic E-state index is 11.6. The van der Waals surface area contributed by atoms with Crippen molar-refractivity contribution in [2.45, 2.75) is 13.0 Å². The molecule has 0 aliphatic heterocycles. The van der Waals surface area contributed by atoms with Gasteiger partial charge in [-0.1, -0.05) is 6.08 Å². The quantitative estimate of drug-likeness (QED) is 0.710. The van der Waals surface area contributed by atoms with E-state index in [1.165, 1.54) is 0 Å². The molecular weight excluding hydrogens is 188 g/mol. The van der Waals surface area contributed by atoms with Crippen LogP contribution in [0.2, 0.25) is 0 Å². The van der Waals surface area contributed by atoms with E-state index in [9.17, 15) is 4.79 Å². The van der Waals surface area contributed by atoms with Gasteiger partial charge in [-0.15, -0.1) is 6.58 Å². The molecule has 0 saturated heterocycles. The first-order valence-corrected chi connectivity index (χ1v) is 4.88. The Labute approximate surface area is 87.7 Å². The van der Waals surface area contributed by atoms with Crippen LogP contribution in [0.25, 0.3) is 11.0 Å². The number of fused-ring (bicyclic) bond motifs is 1. The molecule has 0 spiro atoms. The minimum absolute atomic E-state index is 0.0114. The van der Waals surface area contributed by atoms with Crippen molar-refractivity contribution in [3.05, 3.63) is 53.5 Å². The molecule has 0 unspecified atom stereocenters. The summed E-state index contributed by atoms with van der Waals surface area (Å²) in [5.41, 5.74) is 1.74. The summed E-state index contributed by atoms with van der Waals surface area (Å²) in [7, 11) is 0.